The standard InChI is InChI=1S/CH5IN2O/c2-1-5-4-3/h4H,1,3H2. The summed E-state index contributed by atoms with van der Waals surface area (Å²) in [6.07, 6.45) is 0. The van der Waals surface area contributed by atoms with Crippen molar-refractivity contribution in [2.24, 2.45) is 5.84 Å². The van der Waals surface area contributed by atoms with Crippen LogP contribution in [0.4, 0.5) is 0 Å². The molecule has 0 aromatic heterocycles. The lowest BCUT2D eigenvalue weighted by Gasteiger charge is -1.87. The van der Waals surface area contributed by atoms with E-state index in [0.29, 0.717) is 4.61 Å². The molecule has 0 saturated heterocycles. The fourth-order valence-corrected chi connectivity index (χ4v) is 0.211. The molecule has 0 spiro atoms. The van der Waals surface area contributed by atoms with Crippen molar-refractivity contribution in [1.82, 2.24) is 5.59 Å². The lowest BCUT2D eigenvalue weighted by atomic mass is 11.7. The minimum atomic E-state index is 0.578. The van der Waals surface area contributed by atoms with Gasteiger partial charge >= 0.3 is 0 Å². The summed E-state index contributed by atoms with van der Waals surface area (Å²) in [6, 6.07) is 0. The second-order valence-corrected chi connectivity index (χ2v) is 0.994. The molecule has 0 bridgehead atoms. The van der Waals surface area contributed by atoms with Gasteiger partial charge in [-0.2, -0.15) is 0 Å². The zero-order valence-corrected chi connectivity index (χ0v) is 4.73. The third-order valence-electron chi connectivity index (χ3n) is 0.138. The van der Waals surface area contributed by atoms with Crippen LogP contribution in [0.25, 0.3) is 0 Å². The van der Waals surface area contributed by atoms with Gasteiger partial charge in [-0.15, -0.1) is 5.59 Å². The highest BCUT2D eigenvalue weighted by atomic mass is 127. The molecule has 0 fully saturated rings. The Balaban J connectivity index is 2.19. The fraction of sp³-hybridized carbons (Fsp3) is 1.00. The lowest BCUT2D eigenvalue weighted by Crippen LogP contribution is -2.20. The molecule has 0 aromatic carbocycles. The fourth-order valence-electron chi connectivity index (χ4n) is 0.0315. The number of rotatable bonds is 2. The first-order valence-corrected chi connectivity index (χ1v) is 2.57. The maximum absolute atomic E-state index is 4.66. The molecule has 0 unspecified atom stereocenters. The summed E-state index contributed by atoms with van der Waals surface area (Å²) in [5, 5.41) is 0. The van der Waals surface area contributed by atoms with Crippen molar-refractivity contribution in [2.75, 3.05) is 4.61 Å². The van der Waals surface area contributed by atoms with E-state index in [9.17, 15) is 0 Å². The normalized spacial score (nSPS) is 8.40. The summed E-state index contributed by atoms with van der Waals surface area (Å²) in [4.78, 5) is 4.35. The second-order valence-electron chi connectivity index (χ2n) is 0.371. The van der Waals surface area contributed by atoms with Gasteiger partial charge in [0, 0.05) is 0 Å². The number of hydrogen-bond acceptors (Lipinski definition) is 3. The predicted molar refractivity (Wildman–Crippen MR) is 27.3 cm³/mol. The lowest BCUT2D eigenvalue weighted by molar-refractivity contribution is 0.0860. The highest BCUT2D eigenvalue weighted by molar-refractivity contribution is 14.1. The van der Waals surface area contributed by atoms with Crippen molar-refractivity contribution in [3.05, 3.63) is 0 Å². The van der Waals surface area contributed by atoms with Crippen molar-refractivity contribution in [2.45, 2.75) is 0 Å². The quantitative estimate of drug-likeness (QED) is 0.272. The van der Waals surface area contributed by atoms with Crippen LogP contribution in [-0.2, 0) is 4.84 Å². The minimum absolute atomic E-state index is 0.578. The molecule has 0 heterocycles. The van der Waals surface area contributed by atoms with Crippen LogP contribution in [0.15, 0.2) is 0 Å². The molecular formula is CH5IN2O. The molecule has 0 aliphatic carbocycles. The van der Waals surface area contributed by atoms with E-state index < -0.39 is 0 Å². The Kier molecular flexibility index (Phi) is 5.17. The number of hydrogen-bond donors (Lipinski definition) is 2. The zero-order valence-electron chi connectivity index (χ0n) is 2.57. The molecule has 3 N–H and O–H groups in total. The number of nitrogens with one attached hydrogen (secondary N) is 1. The van der Waals surface area contributed by atoms with E-state index in [1.54, 1.807) is 0 Å². The van der Waals surface area contributed by atoms with Gasteiger partial charge in [-0.1, -0.05) is 22.6 Å². The predicted octanol–water partition coefficient (Wildman–Crippen LogP) is -0.226. The Morgan fingerprint density at radius 2 is 2.60 bits per heavy atom. The Labute approximate surface area is 43.9 Å². The number of halogens is 1. The SMILES string of the molecule is NNOCI. The van der Waals surface area contributed by atoms with Crippen LogP contribution >= 0.6 is 22.6 Å². The molecule has 0 aromatic rings. The van der Waals surface area contributed by atoms with Crippen molar-refractivity contribution in [3.63, 3.8) is 0 Å². The van der Waals surface area contributed by atoms with Gasteiger partial charge in [0.2, 0.25) is 0 Å². The Morgan fingerprint density at radius 3 is 2.60 bits per heavy atom. The third-order valence-corrected chi connectivity index (χ3v) is 0.449. The molecule has 5 heavy (non-hydrogen) atoms. The third kappa shape index (κ3) is 4.61. The van der Waals surface area contributed by atoms with Gasteiger partial charge in [0.1, 0.15) is 4.61 Å². The van der Waals surface area contributed by atoms with E-state index in [4.69, 9.17) is 0 Å². The van der Waals surface area contributed by atoms with Crippen LogP contribution in [0.3, 0.4) is 0 Å². The summed E-state index contributed by atoms with van der Waals surface area (Å²) in [5.41, 5.74) is 2.01. The molecule has 4 heteroatoms. The van der Waals surface area contributed by atoms with E-state index in [2.05, 4.69) is 10.7 Å². The van der Waals surface area contributed by atoms with Crippen molar-refractivity contribution < 1.29 is 4.84 Å². The molecule has 0 saturated carbocycles. The van der Waals surface area contributed by atoms with E-state index in [0.717, 1.165) is 0 Å². The van der Waals surface area contributed by atoms with Crippen molar-refractivity contribution in [3.8, 4) is 0 Å². The van der Waals surface area contributed by atoms with Gasteiger partial charge in [-0.05, 0) is 0 Å². The topological polar surface area (TPSA) is 47.3 Å². The summed E-state index contributed by atoms with van der Waals surface area (Å²) in [5.74, 6) is 4.66. The average Bonchev–Trinajstić information content (AvgIpc) is 1.41. The van der Waals surface area contributed by atoms with Gasteiger partial charge in [0.15, 0.2) is 0 Å². The van der Waals surface area contributed by atoms with Gasteiger partial charge in [-0.25, -0.2) is 5.84 Å². The van der Waals surface area contributed by atoms with Crippen LogP contribution < -0.4 is 11.4 Å². The van der Waals surface area contributed by atoms with Crippen LogP contribution in [0.5, 0.6) is 0 Å². The van der Waals surface area contributed by atoms with Crippen LogP contribution in [0, 0.1) is 0 Å². The van der Waals surface area contributed by atoms with Gasteiger partial charge in [0.05, 0.1) is 0 Å². The van der Waals surface area contributed by atoms with Crippen LogP contribution in [0.2, 0.25) is 0 Å². The summed E-state index contributed by atoms with van der Waals surface area (Å²) < 4.78 is 0.578. The molecule has 0 amide bonds. The van der Waals surface area contributed by atoms with E-state index in [1.165, 1.54) is 0 Å². The molecule has 32 valence electrons. The smallest absolute Gasteiger partial charge is 0.121 e. The van der Waals surface area contributed by atoms with Crippen LogP contribution in [0.1, 0.15) is 0 Å². The largest absolute Gasteiger partial charge is 0.277 e. The summed E-state index contributed by atoms with van der Waals surface area (Å²) >= 11 is 2.02. The molecular weight excluding hydrogens is 183 g/mol. The van der Waals surface area contributed by atoms with Crippen LogP contribution in [-0.4, -0.2) is 4.61 Å². The number of hydrazine groups is 1. The highest BCUT2D eigenvalue weighted by Crippen LogP contribution is 1.73. The molecule has 0 atom stereocenters. The first kappa shape index (κ1) is 5.61. The zero-order chi connectivity index (χ0) is 4.12. The van der Waals surface area contributed by atoms with Gasteiger partial charge in [0.25, 0.3) is 0 Å². The van der Waals surface area contributed by atoms with E-state index in [1.807, 2.05) is 28.2 Å². The Bertz CT molecular complexity index is 17.1. The van der Waals surface area contributed by atoms with Crippen molar-refractivity contribution in [1.29, 1.82) is 0 Å². The monoisotopic (exact) mass is 188 g/mol. The highest BCUT2D eigenvalue weighted by Gasteiger charge is 1.63. The average molecular weight is 188 g/mol. The molecule has 0 aliphatic rings. The molecule has 0 radical (unpaired) electrons. The maximum atomic E-state index is 4.66. The first-order chi connectivity index (χ1) is 2.41. The van der Waals surface area contributed by atoms with E-state index in [-0.39, 0.29) is 0 Å². The Morgan fingerprint density at radius 1 is 2.00 bits per heavy atom. The van der Waals surface area contributed by atoms with E-state index >= 15 is 0 Å². The molecule has 0 rings (SSSR count). The summed E-state index contributed by atoms with van der Waals surface area (Å²) in [6.45, 7) is 0. The van der Waals surface area contributed by atoms with Crippen molar-refractivity contribution >= 4 is 22.6 Å². The summed E-state index contributed by atoms with van der Waals surface area (Å²) in [7, 11) is 0. The van der Waals surface area contributed by atoms with Gasteiger partial charge in [-0.3, -0.25) is 4.84 Å². The molecule has 0 aliphatic heterocycles. The minimum Gasteiger partial charge on any atom is -0.277 e. The number of alkyl halides is 1. The Hall–Kier alpha value is 0.610. The second kappa shape index (κ2) is 4.61. The number of nitrogens with two attached hydrogens (primary N) is 1. The van der Waals surface area contributed by atoms with Gasteiger partial charge < -0.3 is 0 Å². The maximum Gasteiger partial charge on any atom is 0.121 e. The molecule has 3 nitrogen and oxygen atoms in total. The first-order valence-electron chi connectivity index (χ1n) is 1.05.